The fourth-order valence-corrected chi connectivity index (χ4v) is 2.14. The van der Waals surface area contributed by atoms with Crippen LogP contribution in [0.3, 0.4) is 0 Å². The van der Waals surface area contributed by atoms with Gasteiger partial charge in [-0.3, -0.25) is 4.68 Å². The third kappa shape index (κ3) is 3.11. The summed E-state index contributed by atoms with van der Waals surface area (Å²) in [6.07, 6.45) is 4.06. The first-order valence-electron chi connectivity index (χ1n) is 5.80. The highest BCUT2D eigenvalue weighted by Crippen LogP contribution is 2.26. The number of aromatic nitrogens is 2. The summed E-state index contributed by atoms with van der Waals surface area (Å²) < 4.78 is 29.0. The topological polar surface area (TPSA) is 29.9 Å². The van der Waals surface area contributed by atoms with Gasteiger partial charge in [-0.25, -0.2) is 8.78 Å². The van der Waals surface area contributed by atoms with Crippen molar-refractivity contribution in [2.45, 2.75) is 12.5 Å². The fraction of sp³-hybridized carbons (Fsp3) is 0.308. The molecule has 1 N–H and O–H groups in total. The molecule has 1 heterocycles. The van der Waals surface area contributed by atoms with E-state index in [0.29, 0.717) is 6.42 Å². The Morgan fingerprint density at radius 3 is 2.68 bits per heavy atom. The molecule has 102 valence electrons. The minimum Gasteiger partial charge on any atom is -0.313 e. The largest absolute Gasteiger partial charge is 0.313 e. The van der Waals surface area contributed by atoms with Crippen LogP contribution in [0.25, 0.3) is 0 Å². The van der Waals surface area contributed by atoms with Crippen molar-refractivity contribution in [3.05, 3.63) is 52.3 Å². The van der Waals surface area contributed by atoms with Crippen LogP contribution in [0, 0.1) is 11.6 Å². The van der Waals surface area contributed by atoms with Gasteiger partial charge in [0.05, 0.1) is 11.2 Å². The van der Waals surface area contributed by atoms with Gasteiger partial charge in [0.25, 0.3) is 0 Å². The third-order valence-corrected chi connectivity index (χ3v) is 3.25. The lowest BCUT2D eigenvalue weighted by atomic mass is 10.00. The first kappa shape index (κ1) is 14.0. The summed E-state index contributed by atoms with van der Waals surface area (Å²) >= 11 is 5.55. The Hall–Kier alpha value is -1.46. The molecule has 0 amide bonds. The molecule has 1 atom stereocenters. The molecule has 0 aliphatic rings. The predicted molar refractivity (Wildman–Crippen MR) is 70.1 cm³/mol. The van der Waals surface area contributed by atoms with E-state index in [1.165, 1.54) is 0 Å². The molecule has 0 spiro atoms. The standard InChI is InChI=1S/C13H14ClF2N3/c1-17-13(3-8-6-18-19(2)7-8)9-4-12(16)10(14)5-11(9)15/h4-7,13,17H,3H2,1-2H3. The van der Waals surface area contributed by atoms with Crippen molar-refractivity contribution in [3.8, 4) is 0 Å². The van der Waals surface area contributed by atoms with Gasteiger partial charge < -0.3 is 5.32 Å². The number of benzene rings is 1. The van der Waals surface area contributed by atoms with Crippen LogP contribution in [-0.4, -0.2) is 16.8 Å². The van der Waals surface area contributed by atoms with Crippen LogP contribution in [0.15, 0.2) is 24.5 Å². The van der Waals surface area contributed by atoms with Gasteiger partial charge in [-0.05, 0) is 31.2 Å². The summed E-state index contributed by atoms with van der Waals surface area (Å²) in [7, 11) is 3.51. The summed E-state index contributed by atoms with van der Waals surface area (Å²) in [5.74, 6) is -1.14. The number of rotatable bonds is 4. The Morgan fingerprint density at radius 1 is 1.37 bits per heavy atom. The maximum atomic E-state index is 13.9. The van der Waals surface area contributed by atoms with E-state index in [1.807, 2.05) is 6.20 Å². The van der Waals surface area contributed by atoms with Gasteiger partial charge in [0, 0.05) is 24.8 Å². The molecule has 2 aromatic rings. The van der Waals surface area contributed by atoms with Crippen LogP contribution in [0.5, 0.6) is 0 Å². The monoisotopic (exact) mass is 285 g/mol. The van der Waals surface area contributed by atoms with Crippen molar-refractivity contribution in [2.75, 3.05) is 7.05 Å². The highest BCUT2D eigenvalue weighted by Gasteiger charge is 2.18. The van der Waals surface area contributed by atoms with Gasteiger partial charge in [-0.15, -0.1) is 0 Å². The molecule has 0 aliphatic carbocycles. The maximum absolute atomic E-state index is 13.9. The second-order valence-corrected chi connectivity index (χ2v) is 4.76. The van der Waals surface area contributed by atoms with E-state index < -0.39 is 11.6 Å². The molecular weight excluding hydrogens is 272 g/mol. The average molecular weight is 286 g/mol. The lowest BCUT2D eigenvalue weighted by molar-refractivity contribution is 0.523. The summed E-state index contributed by atoms with van der Waals surface area (Å²) in [6.45, 7) is 0. The molecule has 0 fully saturated rings. The molecule has 19 heavy (non-hydrogen) atoms. The summed E-state index contributed by atoms with van der Waals surface area (Å²) in [5, 5.41) is 6.82. The summed E-state index contributed by atoms with van der Waals surface area (Å²) in [6, 6.07) is 1.80. The highest BCUT2D eigenvalue weighted by atomic mass is 35.5. The molecule has 3 nitrogen and oxygen atoms in total. The molecule has 1 aromatic carbocycles. The Balaban J connectivity index is 2.29. The van der Waals surface area contributed by atoms with E-state index >= 15 is 0 Å². The van der Waals surface area contributed by atoms with Crippen LogP contribution in [0.2, 0.25) is 5.02 Å². The quantitative estimate of drug-likeness (QED) is 0.876. The van der Waals surface area contributed by atoms with Crippen molar-refractivity contribution in [1.82, 2.24) is 15.1 Å². The van der Waals surface area contributed by atoms with Gasteiger partial charge >= 0.3 is 0 Å². The second-order valence-electron chi connectivity index (χ2n) is 4.36. The number of nitrogens with zero attached hydrogens (tertiary/aromatic N) is 2. The van der Waals surface area contributed by atoms with Gasteiger partial charge in [0.2, 0.25) is 0 Å². The molecule has 0 saturated heterocycles. The van der Waals surface area contributed by atoms with Crippen LogP contribution in [0.1, 0.15) is 17.2 Å². The van der Waals surface area contributed by atoms with E-state index in [1.54, 1.807) is 25.0 Å². The van der Waals surface area contributed by atoms with E-state index in [4.69, 9.17) is 11.6 Å². The molecule has 1 unspecified atom stereocenters. The highest BCUT2D eigenvalue weighted by molar-refractivity contribution is 6.30. The third-order valence-electron chi connectivity index (χ3n) is 2.96. The van der Waals surface area contributed by atoms with Crippen molar-refractivity contribution < 1.29 is 8.78 Å². The SMILES string of the molecule is CNC(Cc1cnn(C)c1)c1cc(F)c(Cl)cc1F. The Kier molecular flexibility index (Phi) is 4.17. The van der Waals surface area contributed by atoms with Crippen molar-refractivity contribution in [1.29, 1.82) is 0 Å². The van der Waals surface area contributed by atoms with Crippen LogP contribution in [0.4, 0.5) is 8.78 Å². The molecule has 2 rings (SSSR count). The minimum atomic E-state index is -0.621. The van der Waals surface area contributed by atoms with Gasteiger partial charge in [0.15, 0.2) is 0 Å². The van der Waals surface area contributed by atoms with Crippen molar-refractivity contribution in [2.24, 2.45) is 7.05 Å². The Labute approximate surface area is 115 Å². The van der Waals surface area contributed by atoms with Gasteiger partial charge in [-0.1, -0.05) is 11.6 Å². The Morgan fingerprint density at radius 2 is 2.11 bits per heavy atom. The van der Waals surface area contributed by atoms with Gasteiger partial charge in [-0.2, -0.15) is 5.10 Å². The second kappa shape index (κ2) is 5.67. The molecule has 0 radical (unpaired) electrons. The van der Waals surface area contributed by atoms with E-state index in [9.17, 15) is 8.78 Å². The Bertz CT molecular complexity index is 583. The van der Waals surface area contributed by atoms with E-state index in [-0.39, 0.29) is 16.6 Å². The summed E-state index contributed by atoms with van der Waals surface area (Å²) in [4.78, 5) is 0. The zero-order valence-corrected chi connectivity index (χ0v) is 11.4. The van der Waals surface area contributed by atoms with Crippen LogP contribution in [-0.2, 0) is 13.5 Å². The smallest absolute Gasteiger partial charge is 0.142 e. The fourth-order valence-electron chi connectivity index (χ4n) is 1.99. The molecule has 0 saturated carbocycles. The predicted octanol–water partition coefficient (Wildman–Crippen LogP) is 2.85. The molecule has 0 bridgehead atoms. The van der Waals surface area contributed by atoms with E-state index in [2.05, 4.69) is 10.4 Å². The molecular formula is C13H14ClF2N3. The number of hydrogen-bond donors (Lipinski definition) is 1. The number of halogens is 3. The number of nitrogens with one attached hydrogen (secondary N) is 1. The molecule has 1 aromatic heterocycles. The van der Waals surface area contributed by atoms with Crippen molar-refractivity contribution >= 4 is 11.6 Å². The zero-order valence-electron chi connectivity index (χ0n) is 10.6. The summed E-state index contributed by atoms with van der Waals surface area (Å²) in [5.41, 5.74) is 1.20. The van der Waals surface area contributed by atoms with E-state index in [0.717, 1.165) is 17.7 Å². The van der Waals surface area contributed by atoms with Gasteiger partial charge in [0.1, 0.15) is 11.6 Å². The minimum absolute atomic E-state index is 0.211. The lowest BCUT2D eigenvalue weighted by Gasteiger charge is -2.17. The lowest BCUT2D eigenvalue weighted by Crippen LogP contribution is -2.20. The molecule has 0 aliphatic heterocycles. The number of aryl methyl sites for hydroxylation is 1. The number of likely N-dealkylation sites (N-methyl/N-ethyl adjacent to an activating group) is 1. The first-order valence-corrected chi connectivity index (χ1v) is 6.18. The normalized spacial score (nSPS) is 12.7. The average Bonchev–Trinajstić information content (AvgIpc) is 2.77. The maximum Gasteiger partial charge on any atom is 0.142 e. The molecule has 6 heteroatoms. The number of hydrogen-bond acceptors (Lipinski definition) is 2. The first-order chi connectivity index (χ1) is 9.01. The van der Waals surface area contributed by atoms with Crippen LogP contribution < -0.4 is 5.32 Å². The van der Waals surface area contributed by atoms with Crippen LogP contribution >= 0.6 is 11.6 Å². The van der Waals surface area contributed by atoms with Crippen molar-refractivity contribution in [3.63, 3.8) is 0 Å². The zero-order chi connectivity index (χ0) is 14.0.